The Labute approximate surface area is 211 Å². The van der Waals surface area contributed by atoms with Gasteiger partial charge in [0.1, 0.15) is 17.6 Å². The van der Waals surface area contributed by atoms with Crippen LogP contribution in [-0.4, -0.2) is 22.4 Å². The Bertz CT molecular complexity index is 1280. The Balaban J connectivity index is 1.44. The van der Waals surface area contributed by atoms with Crippen molar-refractivity contribution in [3.05, 3.63) is 156 Å². The van der Waals surface area contributed by atoms with Crippen molar-refractivity contribution in [3.8, 4) is 5.75 Å². The van der Waals surface area contributed by atoms with Crippen molar-refractivity contribution in [2.75, 3.05) is 6.61 Å². The normalized spacial score (nSPS) is 11.2. The molecule has 4 heteroatoms. The van der Waals surface area contributed by atoms with Gasteiger partial charge in [-0.1, -0.05) is 91.0 Å². The molecule has 4 nitrogen and oxygen atoms in total. The van der Waals surface area contributed by atoms with E-state index in [4.69, 9.17) is 9.72 Å². The molecule has 0 amide bonds. The predicted octanol–water partition coefficient (Wildman–Crippen LogP) is 6.55. The van der Waals surface area contributed by atoms with Crippen LogP contribution in [0.3, 0.4) is 0 Å². The Morgan fingerprint density at radius 2 is 1.25 bits per heavy atom. The number of carbonyl (C=O) groups excluding carboxylic acids is 1. The van der Waals surface area contributed by atoms with Crippen LogP contribution in [0.2, 0.25) is 0 Å². The summed E-state index contributed by atoms with van der Waals surface area (Å²) in [6, 6.07) is 39.0. The molecule has 0 spiro atoms. The maximum absolute atomic E-state index is 10.8. The summed E-state index contributed by atoms with van der Waals surface area (Å²) in [4.78, 5) is 15.6. The van der Waals surface area contributed by atoms with Crippen molar-refractivity contribution in [1.82, 2.24) is 9.55 Å². The number of hydrogen-bond donors (Lipinski definition) is 0. The zero-order chi connectivity index (χ0) is 24.6. The molecule has 1 heterocycles. The lowest BCUT2D eigenvalue weighted by molar-refractivity contribution is 0.112. The van der Waals surface area contributed by atoms with Gasteiger partial charge in [0, 0.05) is 11.8 Å². The topological polar surface area (TPSA) is 44.1 Å². The fourth-order valence-electron chi connectivity index (χ4n) is 4.75. The summed E-state index contributed by atoms with van der Waals surface area (Å²) in [5.41, 5.74) is 4.63. The summed E-state index contributed by atoms with van der Waals surface area (Å²) in [5.74, 6) is 0.766. The van der Waals surface area contributed by atoms with Crippen LogP contribution in [0, 0.1) is 0 Å². The molecule has 5 aromatic rings. The first-order valence-corrected chi connectivity index (χ1v) is 12.2. The van der Waals surface area contributed by atoms with Crippen molar-refractivity contribution in [3.63, 3.8) is 0 Å². The lowest BCUT2D eigenvalue weighted by Crippen LogP contribution is -2.36. The van der Waals surface area contributed by atoms with Crippen LogP contribution in [0.1, 0.15) is 39.2 Å². The van der Waals surface area contributed by atoms with Gasteiger partial charge in [0.05, 0.1) is 18.6 Å². The Hall–Kier alpha value is -4.44. The highest BCUT2D eigenvalue weighted by molar-refractivity contribution is 5.74. The van der Waals surface area contributed by atoms with E-state index in [1.165, 1.54) is 16.7 Å². The second-order valence-corrected chi connectivity index (χ2v) is 8.72. The number of ether oxygens (including phenoxy) is 1. The summed E-state index contributed by atoms with van der Waals surface area (Å²) in [6.07, 6.45) is 6.57. The summed E-state index contributed by atoms with van der Waals surface area (Å²) < 4.78 is 8.10. The number of hydrogen-bond acceptors (Lipinski definition) is 3. The van der Waals surface area contributed by atoms with E-state index < -0.39 is 5.54 Å². The second kappa shape index (κ2) is 10.9. The highest BCUT2D eigenvalue weighted by Gasteiger charge is 2.38. The zero-order valence-corrected chi connectivity index (χ0v) is 20.0. The molecule has 0 radical (unpaired) electrons. The van der Waals surface area contributed by atoms with Gasteiger partial charge < -0.3 is 9.30 Å². The van der Waals surface area contributed by atoms with Crippen LogP contribution in [0.5, 0.6) is 5.75 Å². The fourth-order valence-corrected chi connectivity index (χ4v) is 4.75. The van der Waals surface area contributed by atoms with Crippen LogP contribution >= 0.6 is 0 Å². The van der Waals surface area contributed by atoms with E-state index in [0.717, 1.165) is 30.6 Å². The van der Waals surface area contributed by atoms with Crippen molar-refractivity contribution in [1.29, 1.82) is 0 Å². The maximum Gasteiger partial charge on any atom is 0.150 e. The highest BCUT2D eigenvalue weighted by atomic mass is 16.5. The number of imidazole rings is 1. The van der Waals surface area contributed by atoms with E-state index in [-0.39, 0.29) is 0 Å². The molecule has 0 N–H and O–H groups in total. The molecule has 0 aliphatic carbocycles. The Morgan fingerprint density at radius 1 is 0.722 bits per heavy atom. The van der Waals surface area contributed by atoms with Gasteiger partial charge in [-0.05, 0) is 53.8 Å². The van der Waals surface area contributed by atoms with E-state index in [2.05, 4.69) is 102 Å². The van der Waals surface area contributed by atoms with Crippen molar-refractivity contribution < 1.29 is 9.53 Å². The molecule has 0 bridgehead atoms. The van der Waals surface area contributed by atoms with E-state index in [9.17, 15) is 4.79 Å². The van der Waals surface area contributed by atoms with Gasteiger partial charge in [-0.15, -0.1) is 0 Å². The van der Waals surface area contributed by atoms with Gasteiger partial charge in [-0.3, -0.25) is 4.79 Å². The summed E-state index contributed by atoms with van der Waals surface area (Å²) in [7, 11) is 0. The van der Waals surface area contributed by atoms with Crippen LogP contribution in [0.25, 0.3) is 0 Å². The highest BCUT2D eigenvalue weighted by Crippen LogP contribution is 2.40. The summed E-state index contributed by atoms with van der Waals surface area (Å²) in [6.45, 7) is 0.578. The number of aryl methyl sites for hydroxylation is 1. The molecule has 5 rings (SSSR count). The SMILES string of the molecule is O=Cc1ccc(OCCCc2cn(C(c3ccccc3)(c3ccccc3)c3ccccc3)cn2)cc1. The smallest absolute Gasteiger partial charge is 0.150 e. The van der Waals surface area contributed by atoms with Gasteiger partial charge in [0.15, 0.2) is 0 Å². The molecule has 0 unspecified atom stereocenters. The second-order valence-electron chi connectivity index (χ2n) is 8.72. The first-order valence-electron chi connectivity index (χ1n) is 12.2. The number of benzene rings is 4. The number of aldehydes is 1. The first-order chi connectivity index (χ1) is 17.8. The van der Waals surface area contributed by atoms with E-state index >= 15 is 0 Å². The number of rotatable bonds is 10. The molecule has 178 valence electrons. The van der Waals surface area contributed by atoms with E-state index in [0.29, 0.717) is 12.2 Å². The van der Waals surface area contributed by atoms with Gasteiger partial charge in [-0.2, -0.15) is 0 Å². The minimum Gasteiger partial charge on any atom is -0.494 e. The molecule has 1 aromatic heterocycles. The predicted molar refractivity (Wildman–Crippen MR) is 142 cm³/mol. The molecule has 0 aliphatic heterocycles. The quantitative estimate of drug-likeness (QED) is 0.132. The summed E-state index contributed by atoms with van der Waals surface area (Å²) in [5, 5.41) is 0. The molecule has 0 atom stereocenters. The molecule has 0 saturated heterocycles. The average Bonchev–Trinajstić information content (AvgIpc) is 3.43. The largest absolute Gasteiger partial charge is 0.494 e. The van der Waals surface area contributed by atoms with Gasteiger partial charge >= 0.3 is 0 Å². The Morgan fingerprint density at radius 3 is 1.75 bits per heavy atom. The fraction of sp³-hybridized carbons (Fsp3) is 0.125. The van der Waals surface area contributed by atoms with E-state index in [1.54, 1.807) is 12.1 Å². The average molecular weight is 473 g/mol. The van der Waals surface area contributed by atoms with Crippen molar-refractivity contribution in [2.24, 2.45) is 0 Å². The molecule has 0 saturated carbocycles. The summed E-state index contributed by atoms with van der Waals surface area (Å²) >= 11 is 0. The molecule has 4 aromatic carbocycles. The zero-order valence-electron chi connectivity index (χ0n) is 20.0. The number of carbonyl (C=O) groups is 1. The lowest BCUT2D eigenvalue weighted by Gasteiger charge is -2.37. The minimum atomic E-state index is -0.550. The Kier molecular flexibility index (Phi) is 7.04. The first kappa shape index (κ1) is 23.3. The third-order valence-electron chi connectivity index (χ3n) is 6.46. The molecule has 0 aliphatic rings. The van der Waals surface area contributed by atoms with Crippen LogP contribution in [-0.2, 0) is 12.0 Å². The van der Waals surface area contributed by atoms with E-state index in [1.807, 2.05) is 18.5 Å². The van der Waals surface area contributed by atoms with Gasteiger partial charge in [0.2, 0.25) is 0 Å². The standard InChI is InChI=1S/C32H28N2O2/c35-24-26-18-20-31(21-19-26)36-22-10-17-30-23-34(25-33-30)32(27-11-4-1-5-12-27,28-13-6-2-7-14-28)29-15-8-3-9-16-29/h1-9,11-16,18-21,23-25H,10,17,22H2. The third kappa shape index (κ3) is 4.71. The molecular formula is C32H28N2O2. The van der Waals surface area contributed by atoms with Crippen LogP contribution in [0.4, 0.5) is 0 Å². The maximum atomic E-state index is 10.8. The van der Waals surface area contributed by atoms with Gasteiger partial charge in [-0.25, -0.2) is 4.98 Å². The van der Waals surface area contributed by atoms with Gasteiger partial charge in [0.25, 0.3) is 0 Å². The monoisotopic (exact) mass is 472 g/mol. The number of aromatic nitrogens is 2. The van der Waals surface area contributed by atoms with Crippen LogP contribution in [0.15, 0.2) is 128 Å². The molecule has 36 heavy (non-hydrogen) atoms. The number of nitrogens with zero attached hydrogens (tertiary/aromatic N) is 2. The third-order valence-corrected chi connectivity index (χ3v) is 6.46. The van der Waals surface area contributed by atoms with Crippen molar-refractivity contribution in [2.45, 2.75) is 18.4 Å². The molecule has 0 fully saturated rings. The lowest BCUT2D eigenvalue weighted by atomic mass is 9.77. The van der Waals surface area contributed by atoms with Crippen LogP contribution < -0.4 is 4.74 Å². The molecular weight excluding hydrogens is 444 g/mol. The minimum absolute atomic E-state index is 0.550. The van der Waals surface area contributed by atoms with Crippen molar-refractivity contribution >= 4 is 6.29 Å².